The summed E-state index contributed by atoms with van der Waals surface area (Å²) in [6, 6.07) is 5.68. The van der Waals surface area contributed by atoms with E-state index in [1.807, 2.05) is 0 Å². The van der Waals surface area contributed by atoms with E-state index in [2.05, 4.69) is 0 Å². The molecule has 0 radical (unpaired) electrons. The van der Waals surface area contributed by atoms with E-state index in [9.17, 15) is 9.90 Å². The summed E-state index contributed by atoms with van der Waals surface area (Å²) in [6.07, 6.45) is -0.527. The van der Waals surface area contributed by atoms with Crippen LogP contribution in [0.5, 0.6) is 11.5 Å². The van der Waals surface area contributed by atoms with Gasteiger partial charge in [-0.15, -0.1) is 0 Å². The molecule has 102 valence electrons. The maximum absolute atomic E-state index is 11.1. The van der Waals surface area contributed by atoms with Crippen molar-refractivity contribution in [2.45, 2.75) is 12.5 Å². The highest BCUT2D eigenvalue weighted by atomic mass is 16.5. The second-order valence-corrected chi connectivity index (χ2v) is 4.08. The molecule has 6 nitrogen and oxygen atoms in total. The minimum Gasteiger partial charge on any atom is -0.507 e. The van der Waals surface area contributed by atoms with E-state index in [1.54, 1.807) is 12.1 Å². The molecule has 3 N–H and O–H groups in total. The van der Waals surface area contributed by atoms with Crippen molar-refractivity contribution >= 4 is 11.0 Å². The number of aliphatic hydroxyl groups excluding tert-OH is 2. The average Bonchev–Trinajstić information content (AvgIpc) is 2.37. The van der Waals surface area contributed by atoms with E-state index in [1.165, 1.54) is 6.07 Å². The molecule has 1 aromatic heterocycles. The fraction of sp³-hybridized carbons (Fsp3) is 0.308. The lowest BCUT2D eigenvalue weighted by Gasteiger charge is -2.09. The largest absolute Gasteiger partial charge is 0.507 e. The monoisotopic (exact) mass is 266 g/mol. The van der Waals surface area contributed by atoms with Crippen molar-refractivity contribution in [3.63, 3.8) is 0 Å². The average molecular weight is 266 g/mol. The molecule has 0 saturated carbocycles. The Bertz CT molecular complexity index is 618. The van der Waals surface area contributed by atoms with Crippen LogP contribution in [0.25, 0.3) is 11.0 Å². The summed E-state index contributed by atoms with van der Waals surface area (Å²) in [7, 11) is 0. The van der Waals surface area contributed by atoms with Crippen LogP contribution >= 0.6 is 0 Å². The van der Waals surface area contributed by atoms with Crippen molar-refractivity contribution in [3.05, 3.63) is 34.7 Å². The summed E-state index contributed by atoms with van der Waals surface area (Å²) >= 11 is 0. The van der Waals surface area contributed by atoms with E-state index in [0.29, 0.717) is 17.6 Å². The number of aromatic hydroxyl groups is 1. The smallest absolute Gasteiger partial charge is 0.339 e. The Labute approximate surface area is 108 Å². The fourth-order valence-electron chi connectivity index (χ4n) is 1.62. The van der Waals surface area contributed by atoms with Gasteiger partial charge in [-0.1, -0.05) is 0 Å². The quantitative estimate of drug-likeness (QED) is 0.686. The molecule has 1 unspecified atom stereocenters. The lowest BCUT2D eigenvalue weighted by molar-refractivity contribution is 0.0754. The molecule has 0 bridgehead atoms. The molecule has 0 aliphatic heterocycles. The van der Waals surface area contributed by atoms with Gasteiger partial charge in [-0.25, -0.2) is 4.79 Å². The Morgan fingerprint density at radius 3 is 2.84 bits per heavy atom. The SMILES string of the molecule is O=c1cc(O)c2ccc(OCCC(O)CO)cc2o1. The molecule has 2 rings (SSSR count). The number of benzene rings is 1. The highest BCUT2D eigenvalue weighted by Crippen LogP contribution is 2.26. The van der Waals surface area contributed by atoms with Crippen LogP contribution in [0.1, 0.15) is 6.42 Å². The van der Waals surface area contributed by atoms with Gasteiger partial charge in [-0.2, -0.15) is 0 Å². The van der Waals surface area contributed by atoms with E-state index < -0.39 is 11.7 Å². The van der Waals surface area contributed by atoms with Gasteiger partial charge in [0.1, 0.15) is 17.1 Å². The van der Waals surface area contributed by atoms with Crippen molar-refractivity contribution in [1.82, 2.24) is 0 Å². The van der Waals surface area contributed by atoms with Crippen LogP contribution in [0, 0.1) is 0 Å². The molecule has 0 spiro atoms. The first-order valence-corrected chi connectivity index (χ1v) is 5.79. The molecule has 2 aromatic rings. The predicted molar refractivity (Wildman–Crippen MR) is 67.4 cm³/mol. The molecule has 1 heterocycles. The van der Waals surface area contributed by atoms with Gasteiger partial charge in [0.25, 0.3) is 0 Å². The van der Waals surface area contributed by atoms with Gasteiger partial charge in [-0.3, -0.25) is 0 Å². The molecule has 0 fully saturated rings. The van der Waals surface area contributed by atoms with Gasteiger partial charge in [0.05, 0.1) is 30.8 Å². The van der Waals surface area contributed by atoms with E-state index in [-0.39, 0.29) is 24.5 Å². The summed E-state index contributed by atoms with van der Waals surface area (Å²) in [6.45, 7) is -0.0971. The minimum atomic E-state index is -0.817. The summed E-state index contributed by atoms with van der Waals surface area (Å²) in [4.78, 5) is 11.1. The summed E-state index contributed by atoms with van der Waals surface area (Å²) in [5.41, 5.74) is -0.414. The van der Waals surface area contributed by atoms with Crippen LogP contribution in [-0.4, -0.2) is 34.6 Å². The minimum absolute atomic E-state index is 0.145. The van der Waals surface area contributed by atoms with Gasteiger partial charge in [-0.05, 0) is 12.1 Å². The first-order valence-electron chi connectivity index (χ1n) is 5.79. The lowest BCUT2D eigenvalue weighted by Crippen LogP contribution is -2.15. The van der Waals surface area contributed by atoms with Crippen LogP contribution < -0.4 is 10.4 Å². The van der Waals surface area contributed by atoms with Gasteiger partial charge < -0.3 is 24.5 Å². The van der Waals surface area contributed by atoms with Crippen molar-refractivity contribution in [3.8, 4) is 11.5 Å². The third kappa shape index (κ3) is 3.24. The number of hydrogen-bond donors (Lipinski definition) is 3. The predicted octanol–water partition coefficient (Wildman–Crippen LogP) is 0.621. The van der Waals surface area contributed by atoms with Crippen molar-refractivity contribution in [1.29, 1.82) is 0 Å². The van der Waals surface area contributed by atoms with Gasteiger partial charge in [0.2, 0.25) is 0 Å². The highest BCUT2D eigenvalue weighted by molar-refractivity contribution is 5.83. The van der Waals surface area contributed by atoms with E-state index in [4.69, 9.17) is 19.4 Å². The second-order valence-electron chi connectivity index (χ2n) is 4.08. The zero-order chi connectivity index (χ0) is 13.8. The Morgan fingerprint density at radius 1 is 1.32 bits per heavy atom. The van der Waals surface area contributed by atoms with Crippen LogP contribution in [-0.2, 0) is 0 Å². The van der Waals surface area contributed by atoms with Crippen LogP contribution in [0.15, 0.2) is 33.5 Å². The number of fused-ring (bicyclic) bond motifs is 1. The normalized spacial score (nSPS) is 12.5. The first kappa shape index (κ1) is 13.4. The molecule has 0 saturated heterocycles. The molecule has 1 atom stereocenters. The second kappa shape index (κ2) is 5.73. The maximum atomic E-state index is 11.1. The Balaban J connectivity index is 2.15. The van der Waals surface area contributed by atoms with Gasteiger partial charge in [0.15, 0.2) is 0 Å². The molecule has 6 heteroatoms. The standard InChI is InChI=1S/C13H14O6/c14-7-8(15)3-4-18-9-1-2-10-11(16)6-13(17)19-12(10)5-9/h1-2,5-6,8,14-16H,3-4,7H2. The first-order chi connectivity index (χ1) is 9.10. The van der Waals surface area contributed by atoms with Crippen molar-refractivity contribution in [2.24, 2.45) is 0 Å². The topological polar surface area (TPSA) is 100 Å². The number of ether oxygens (including phenoxy) is 1. The molecule has 0 amide bonds. The van der Waals surface area contributed by atoms with E-state index in [0.717, 1.165) is 6.07 Å². The molecular formula is C13H14O6. The summed E-state index contributed by atoms with van der Waals surface area (Å²) in [5, 5.41) is 27.8. The zero-order valence-electron chi connectivity index (χ0n) is 10.1. The Hall–Kier alpha value is -2.05. The summed E-state index contributed by atoms with van der Waals surface area (Å²) < 4.78 is 10.3. The molecule has 0 aliphatic rings. The third-order valence-corrected chi connectivity index (χ3v) is 2.62. The number of hydrogen-bond acceptors (Lipinski definition) is 6. The van der Waals surface area contributed by atoms with Gasteiger partial charge >= 0.3 is 5.63 Å². The molecule has 0 aliphatic carbocycles. The van der Waals surface area contributed by atoms with Crippen LogP contribution in [0.3, 0.4) is 0 Å². The third-order valence-electron chi connectivity index (χ3n) is 2.62. The van der Waals surface area contributed by atoms with Crippen molar-refractivity contribution in [2.75, 3.05) is 13.2 Å². The van der Waals surface area contributed by atoms with Crippen LogP contribution in [0.2, 0.25) is 0 Å². The number of aliphatic hydroxyl groups is 2. The van der Waals surface area contributed by atoms with Gasteiger partial charge in [0, 0.05) is 12.5 Å². The molecular weight excluding hydrogens is 252 g/mol. The lowest BCUT2D eigenvalue weighted by atomic mass is 10.2. The van der Waals surface area contributed by atoms with E-state index >= 15 is 0 Å². The number of rotatable bonds is 5. The highest BCUT2D eigenvalue weighted by Gasteiger charge is 2.07. The Kier molecular flexibility index (Phi) is 4.03. The zero-order valence-corrected chi connectivity index (χ0v) is 10.1. The van der Waals surface area contributed by atoms with Crippen LogP contribution in [0.4, 0.5) is 0 Å². The van der Waals surface area contributed by atoms with Crippen molar-refractivity contribution < 1.29 is 24.5 Å². The summed E-state index contributed by atoms with van der Waals surface area (Å²) in [5.74, 6) is 0.305. The maximum Gasteiger partial charge on any atom is 0.339 e. The fourth-order valence-corrected chi connectivity index (χ4v) is 1.62. The molecule has 1 aromatic carbocycles. The molecule has 19 heavy (non-hydrogen) atoms. The Morgan fingerprint density at radius 2 is 2.11 bits per heavy atom.